The largest absolute Gasteiger partial charge is 0.497 e. The number of amides is 1. The highest BCUT2D eigenvalue weighted by Gasteiger charge is 2.16. The third kappa shape index (κ3) is 5.89. The van der Waals surface area contributed by atoms with Gasteiger partial charge in [0.05, 0.1) is 12.0 Å². The third-order valence-corrected chi connectivity index (χ3v) is 5.11. The lowest BCUT2D eigenvalue weighted by Gasteiger charge is -2.12. The number of carbonyl (C=O) groups is 1. The minimum absolute atomic E-state index is 0.110. The Hall–Kier alpha value is -2.74. The highest BCUT2D eigenvalue weighted by molar-refractivity contribution is 7.92. The smallest absolute Gasteiger partial charge is 0.261 e. The topological polar surface area (TPSA) is 93.7 Å². The average molecular weight is 392 g/mol. The Morgan fingerprint density at radius 3 is 2.41 bits per heavy atom. The summed E-state index contributed by atoms with van der Waals surface area (Å²) in [5, 5.41) is 2.71. The summed E-state index contributed by atoms with van der Waals surface area (Å²) in [6, 6.07) is 11.1. The molecule has 2 N–H and O–H groups in total. The fourth-order valence-corrected chi connectivity index (χ4v) is 3.43. The molecule has 0 aliphatic heterocycles. The molecule has 7 nitrogen and oxygen atoms in total. The molecule has 0 radical (unpaired) electrons. The van der Waals surface area contributed by atoms with Gasteiger partial charge in [0.25, 0.3) is 15.9 Å². The van der Waals surface area contributed by atoms with Crippen molar-refractivity contribution in [3.8, 4) is 11.5 Å². The van der Waals surface area contributed by atoms with Crippen LogP contribution in [0.25, 0.3) is 0 Å². The van der Waals surface area contributed by atoms with Crippen molar-refractivity contribution >= 4 is 21.6 Å². The van der Waals surface area contributed by atoms with E-state index in [-0.39, 0.29) is 17.4 Å². The zero-order valence-electron chi connectivity index (χ0n) is 15.6. The van der Waals surface area contributed by atoms with Gasteiger partial charge in [-0.25, -0.2) is 8.42 Å². The molecule has 0 aliphatic carbocycles. The molecule has 27 heavy (non-hydrogen) atoms. The minimum atomic E-state index is -3.74. The molecule has 0 unspecified atom stereocenters. The van der Waals surface area contributed by atoms with E-state index in [4.69, 9.17) is 9.47 Å². The summed E-state index contributed by atoms with van der Waals surface area (Å²) in [6.45, 7) is 4.17. The van der Waals surface area contributed by atoms with E-state index in [1.54, 1.807) is 44.4 Å². The van der Waals surface area contributed by atoms with Gasteiger partial charge in [0.15, 0.2) is 6.61 Å². The van der Waals surface area contributed by atoms with Gasteiger partial charge in [-0.3, -0.25) is 9.52 Å². The van der Waals surface area contributed by atoms with Crippen molar-refractivity contribution < 1.29 is 22.7 Å². The minimum Gasteiger partial charge on any atom is -0.497 e. The lowest BCUT2D eigenvalue weighted by atomic mass is 10.2. The maximum atomic E-state index is 12.6. The predicted octanol–water partition coefficient (Wildman–Crippen LogP) is 2.71. The van der Waals surface area contributed by atoms with Gasteiger partial charge in [-0.1, -0.05) is 6.92 Å². The van der Waals surface area contributed by atoms with Gasteiger partial charge in [0, 0.05) is 12.2 Å². The van der Waals surface area contributed by atoms with Crippen molar-refractivity contribution in [2.45, 2.75) is 25.2 Å². The Morgan fingerprint density at radius 1 is 1.11 bits per heavy atom. The molecule has 0 saturated heterocycles. The highest BCUT2D eigenvalue weighted by Crippen LogP contribution is 2.24. The van der Waals surface area contributed by atoms with Crippen LogP contribution < -0.4 is 19.5 Å². The molecule has 0 aliphatic rings. The number of rotatable bonds is 9. The predicted molar refractivity (Wildman–Crippen MR) is 104 cm³/mol. The number of methoxy groups -OCH3 is 1. The van der Waals surface area contributed by atoms with E-state index in [1.807, 2.05) is 6.92 Å². The summed E-state index contributed by atoms with van der Waals surface area (Å²) in [4.78, 5) is 11.7. The molecular formula is C19H24N2O5S. The molecule has 146 valence electrons. The molecule has 0 fully saturated rings. The second kappa shape index (κ2) is 9.27. The monoisotopic (exact) mass is 392 g/mol. The second-order valence-corrected chi connectivity index (χ2v) is 7.58. The van der Waals surface area contributed by atoms with Crippen molar-refractivity contribution in [1.29, 1.82) is 0 Å². The van der Waals surface area contributed by atoms with Gasteiger partial charge in [0.2, 0.25) is 0 Å². The maximum Gasteiger partial charge on any atom is 0.261 e. The second-order valence-electron chi connectivity index (χ2n) is 5.90. The normalized spacial score (nSPS) is 10.9. The fourth-order valence-electron chi connectivity index (χ4n) is 2.28. The van der Waals surface area contributed by atoms with E-state index in [1.165, 1.54) is 12.1 Å². The van der Waals surface area contributed by atoms with Crippen LogP contribution >= 0.6 is 0 Å². The van der Waals surface area contributed by atoms with Gasteiger partial charge in [-0.05, 0) is 61.4 Å². The van der Waals surface area contributed by atoms with E-state index >= 15 is 0 Å². The number of benzene rings is 2. The summed E-state index contributed by atoms with van der Waals surface area (Å²) >= 11 is 0. The van der Waals surface area contributed by atoms with Crippen molar-refractivity contribution in [1.82, 2.24) is 5.32 Å². The Kier molecular flexibility index (Phi) is 7.06. The molecular weight excluding hydrogens is 368 g/mol. The van der Waals surface area contributed by atoms with Crippen LogP contribution in [-0.4, -0.2) is 34.6 Å². The lowest BCUT2D eigenvalue weighted by molar-refractivity contribution is -0.123. The number of anilines is 1. The number of sulfonamides is 1. The van der Waals surface area contributed by atoms with Gasteiger partial charge >= 0.3 is 0 Å². The van der Waals surface area contributed by atoms with Crippen LogP contribution in [0.2, 0.25) is 0 Å². The lowest BCUT2D eigenvalue weighted by Crippen LogP contribution is -2.29. The molecule has 0 aromatic heterocycles. The number of aryl methyl sites for hydroxylation is 1. The summed E-state index contributed by atoms with van der Waals surface area (Å²) in [5.74, 6) is 0.887. The average Bonchev–Trinajstić information content (AvgIpc) is 2.65. The first-order valence-electron chi connectivity index (χ1n) is 8.52. The molecule has 0 atom stereocenters. The summed E-state index contributed by atoms with van der Waals surface area (Å²) in [6.07, 6.45) is 0.846. The maximum absolute atomic E-state index is 12.6. The molecule has 2 aromatic carbocycles. The number of nitrogens with one attached hydrogen (secondary N) is 2. The molecule has 1 amide bonds. The van der Waals surface area contributed by atoms with Gasteiger partial charge in [-0.2, -0.15) is 0 Å². The molecule has 8 heteroatoms. The van der Waals surface area contributed by atoms with Crippen molar-refractivity contribution in [2.75, 3.05) is 25.0 Å². The summed E-state index contributed by atoms with van der Waals surface area (Å²) in [7, 11) is -2.20. The molecule has 0 spiro atoms. The van der Waals surface area contributed by atoms with E-state index < -0.39 is 10.0 Å². The molecule has 0 heterocycles. The van der Waals surface area contributed by atoms with Crippen molar-refractivity contribution in [3.05, 3.63) is 48.0 Å². The molecule has 0 saturated carbocycles. The number of hydrogen-bond acceptors (Lipinski definition) is 5. The number of ether oxygens (including phenoxy) is 2. The third-order valence-electron chi connectivity index (χ3n) is 3.73. The van der Waals surface area contributed by atoms with E-state index in [2.05, 4.69) is 10.0 Å². The van der Waals surface area contributed by atoms with Crippen LogP contribution in [0.15, 0.2) is 47.4 Å². The number of hydrogen-bond donors (Lipinski definition) is 2. The molecule has 0 bridgehead atoms. The Morgan fingerprint density at radius 2 is 1.81 bits per heavy atom. The van der Waals surface area contributed by atoms with Gasteiger partial charge in [-0.15, -0.1) is 0 Å². The highest BCUT2D eigenvalue weighted by atomic mass is 32.2. The van der Waals surface area contributed by atoms with E-state index in [0.29, 0.717) is 29.3 Å². The molecule has 2 rings (SSSR count). The first-order chi connectivity index (χ1) is 12.9. The quantitative estimate of drug-likeness (QED) is 0.684. The van der Waals surface area contributed by atoms with Gasteiger partial charge in [0.1, 0.15) is 11.5 Å². The van der Waals surface area contributed by atoms with Crippen molar-refractivity contribution in [3.63, 3.8) is 0 Å². The SMILES string of the molecule is CCCNC(=O)COc1ccc(S(=O)(=O)Nc2ccc(OC)cc2)cc1C. The van der Waals surface area contributed by atoms with Crippen LogP contribution in [0.4, 0.5) is 5.69 Å². The zero-order valence-corrected chi connectivity index (χ0v) is 16.4. The van der Waals surface area contributed by atoms with Crippen LogP contribution in [0.1, 0.15) is 18.9 Å². The Labute approximate surface area is 159 Å². The van der Waals surface area contributed by atoms with Crippen LogP contribution in [0, 0.1) is 6.92 Å². The number of carbonyl (C=O) groups excluding carboxylic acids is 1. The first kappa shape index (κ1) is 20.6. The van der Waals surface area contributed by atoms with Crippen LogP contribution in [0.3, 0.4) is 0 Å². The zero-order chi connectivity index (χ0) is 19.9. The van der Waals surface area contributed by atoms with E-state index in [0.717, 1.165) is 6.42 Å². The van der Waals surface area contributed by atoms with Crippen LogP contribution in [-0.2, 0) is 14.8 Å². The standard InChI is InChI=1S/C19H24N2O5S/c1-4-11-20-19(22)13-26-18-10-9-17(12-14(18)2)27(23,24)21-15-5-7-16(25-3)8-6-15/h5-10,12,21H,4,11,13H2,1-3H3,(H,20,22). The van der Waals surface area contributed by atoms with Crippen molar-refractivity contribution in [2.24, 2.45) is 0 Å². The Bertz CT molecular complexity index is 879. The van der Waals surface area contributed by atoms with E-state index in [9.17, 15) is 13.2 Å². The molecule has 2 aromatic rings. The van der Waals surface area contributed by atoms with Crippen LogP contribution in [0.5, 0.6) is 11.5 Å². The summed E-state index contributed by atoms with van der Waals surface area (Å²) in [5.41, 5.74) is 1.05. The van der Waals surface area contributed by atoms with Gasteiger partial charge < -0.3 is 14.8 Å². The first-order valence-corrected chi connectivity index (χ1v) is 10.0. The summed E-state index contributed by atoms with van der Waals surface area (Å²) < 4.78 is 38.2. The Balaban J connectivity index is 2.07. The fraction of sp³-hybridized carbons (Fsp3) is 0.316.